The van der Waals surface area contributed by atoms with E-state index in [0.29, 0.717) is 28.0 Å². The van der Waals surface area contributed by atoms with Gasteiger partial charge in [0.25, 0.3) is 5.56 Å². The average molecular weight is 501 g/mol. The predicted molar refractivity (Wildman–Crippen MR) is 129 cm³/mol. The lowest BCUT2D eigenvalue weighted by Crippen LogP contribution is -2.26. The van der Waals surface area contributed by atoms with E-state index in [9.17, 15) is 9.59 Å². The van der Waals surface area contributed by atoms with Crippen molar-refractivity contribution < 1.29 is 14.3 Å². The number of esters is 1. The van der Waals surface area contributed by atoms with E-state index in [1.165, 1.54) is 10.9 Å². The van der Waals surface area contributed by atoms with Gasteiger partial charge in [-0.1, -0.05) is 15.9 Å². The van der Waals surface area contributed by atoms with Crippen LogP contribution in [-0.4, -0.2) is 48.7 Å². The number of rotatable bonds is 7. The summed E-state index contributed by atoms with van der Waals surface area (Å²) in [5, 5.41) is 4.83. The van der Waals surface area contributed by atoms with Gasteiger partial charge in [-0.15, -0.1) is 0 Å². The molecule has 0 bridgehead atoms. The van der Waals surface area contributed by atoms with Crippen molar-refractivity contribution in [3.05, 3.63) is 62.6 Å². The maximum atomic E-state index is 13.0. The van der Waals surface area contributed by atoms with Gasteiger partial charge in [-0.25, -0.2) is 9.78 Å². The van der Waals surface area contributed by atoms with Gasteiger partial charge in [0.05, 0.1) is 23.7 Å². The first-order valence-electron chi connectivity index (χ1n) is 10.1. The van der Waals surface area contributed by atoms with Crippen molar-refractivity contribution >= 4 is 44.7 Å². The minimum absolute atomic E-state index is 0.270. The summed E-state index contributed by atoms with van der Waals surface area (Å²) >= 11 is 3.39. The maximum absolute atomic E-state index is 13.0. The molecule has 0 N–H and O–H groups in total. The monoisotopic (exact) mass is 500 g/mol. The molecule has 8 nitrogen and oxygen atoms in total. The molecule has 0 aliphatic carbocycles. The lowest BCUT2D eigenvalue weighted by atomic mass is 10.2. The van der Waals surface area contributed by atoms with E-state index < -0.39 is 12.1 Å². The Balaban J connectivity index is 2.03. The van der Waals surface area contributed by atoms with Crippen LogP contribution in [0.4, 0.5) is 5.69 Å². The van der Waals surface area contributed by atoms with E-state index in [1.807, 2.05) is 43.3 Å². The minimum atomic E-state index is -0.802. The van der Waals surface area contributed by atoms with Gasteiger partial charge in [0.15, 0.2) is 6.10 Å². The van der Waals surface area contributed by atoms with Crippen molar-refractivity contribution in [3.8, 4) is 5.75 Å². The van der Waals surface area contributed by atoms with Gasteiger partial charge in [0, 0.05) is 35.9 Å². The number of hydrogen-bond acceptors (Lipinski definition) is 7. The van der Waals surface area contributed by atoms with Gasteiger partial charge in [-0.3, -0.25) is 4.79 Å². The van der Waals surface area contributed by atoms with E-state index in [0.717, 1.165) is 10.2 Å². The summed E-state index contributed by atoms with van der Waals surface area (Å²) < 4.78 is 12.9. The maximum Gasteiger partial charge on any atom is 0.347 e. The molecular formula is C23H25BrN4O4. The van der Waals surface area contributed by atoms with Crippen LogP contribution in [0.2, 0.25) is 0 Å². The van der Waals surface area contributed by atoms with E-state index in [4.69, 9.17) is 9.47 Å². The summed E-state index contributed by atoms with van der Waals surface area (Å²) in [4.78, 5) is 31.4. The molecule has 0 fully saturated rings. The Morgan fingerprint density at radius 3 is 2.72 bits per heavy atom. The smallest absolute Gasteiger partial charge is 0.347 e. The number of ether oxygens (including phenoxy) is 2. The first kappa shape index (κ1) is 23.5. The Labute approximate surface area is 194 Å². The summed E-state index contributed by atoms with van der Waals surface area (Å²) in [5.41, 5.74) is 1.81. The van der Waals surface area contributed by atoms with Crippen molar-refractivity contribution in [2.24, 2.45) is 5.10 Å². The van der Waals surface area contributed by atoms with Crippen LogP contribution in [0.15, 0.2) is 50.8 Å². The molecule has 1 heterocycles. The second-order valence-corrected chi connectivity index (χ2v) is 8.23. The van der Waals surface area contributed by atoms with Crippen LogP contribution in [0.1, 0.15) is 25.2 Å². The minimum Gasteiger partial charge on any atom is -0.478 e. The summed E-state index contributed by atoms with van der Waals surface area (Å²) in [6, 6.07) is 10.9. The Kier molecular flexibility index (Phi) is 7.29. The van der Waals surface area contributed by atoms with E-state index in [-0.39, 0.29) is 12.2 Å². The molecule has 0 unspecified atom stereocenters. The third-order valence-corrected chi connectivity index (χ3v) is 5.21. The van der Waals surface area contributed by atoms with Crippen LogP contribution in [0.5, 0.6) is 5.75 Å². The molecule has 0 radical (unpaired) electrons. The number of carbonyl (C=O) groups is 1. The fourth-order valence-electron chi connectivity index (χ4n) is 3.02. The van der Waals surface area contributed by atoms with Crippen molar-refractivity contribution in [3.63, 3.8) is 0 Å². The van der Waals surface area contributed by atoms with Gasteiger partial charge >= 0.3 is 5.97 Å². The van der Waals surface area contributed by atoms with Crippen LogP contribution < -0.4 is 15.2 Å². The van der Waals surface area contributed by atoms with Gasteiger partial charge in [-0.2, -0.15) is 9.78 Å². The highest BCUT2D eigenvalue weighted by molar-refractivity contribution is 9.10. The number of hydrogen-bond donors (Lipinski definition) is 0. The average Bonchev–Trinajstić information content (AvgIpc) is 2.75. The second-order valence-electron chi connectivity index (χ2n) is 7.31. The zero-order valence-corrected chi connectivity index (χ0v) is 20.2. The Morgan fingerprint density at radius 2 is 2.03 bits per heavy atom. The van der Waals surface area contributed by atoms with Gasteiger partial charge in [0.2, 0.25) is 0 Å². The van der Waals surface area contributed by atoms with Gasteiger partial charge in [0.1, 0.15) is 11.6 Å². The fraction of sp³-hybridized carbons (Fsp3) is 0.304. The molecule has 3 rings (SSSR count). The first-order chi connectivity index (χ1) is 15.2. The fourth-order valence-corrected chi connectivity index (χ4v) is 3.38. The van der Waals surface area contributed by atoms with Gasteiger partial charge < -0.3 is 14.4 Å². The van der Waals surface area contributed by atoms with E-state index in [1.54, 1.807) is 32.9 Å². The number of benzene rings is 2. The van der Waals surface area contributed by atoms with Crippen LogP contribution in [0, 0.1) is 6.92 Å². The normalized spacial score (nSPS) is 12.2. The van der Waals surface area contributed by atoms with E-state index >= 15 is 0 Å². The number of anilines is 1. The molecule has 1 atom stereocenters. The molecule has 9 heteroatoms. The lowest BCUT2D eigenvalue weighted by molar-refractivity contribution is -0.150. The number of halogens is 1. The highest BCUT2D eigenvalue weighted by Crippen LogP contribution is 2.25. The third-order valence-electron chi connectivity index (χ3n) is 4.72. The second kappa shape index (κ2) is 9.95. The molecule has 32 heavy (non-hydrogen) atoms. The predicted octanol–water partition coefficient (Wildman–Crippen LogP) is 3.75. The molecule has 168 valence electrons. The quantitative estimate of drug-likeness (QED) is 0.362. The number of carbonyl (C=O) groups excluding carboxylic acids is 1. The van der Waals surface area contributed by atoms with Gasteiger partial charge in [-0.05, 0) is 51.1 Å². The molecule has 0 aliphatic rings. The zero-order valence-electron chi connectivity index (χ0n) is 18.6. The molecule has 0 spiro atoms. The summed E-state index contributed by atoms with van der Waals surface area (Å²) in [6.45, 7) is 5.36. The summed E-state index contributed by atoms with van der Waals surface area (Å²) in [7, 11) is 3.81. The van der Waals surface area contributed by atoms with Crippen LogP contribution in [-0.2, 0) is 9.53 Å². The molecule has 0 saturated heterocycles. The number of nitrogens with zero attached hydrogens (tertiary/aromatic N) is 4. The molecule has 1 aromatic heterocycles. The molecule has 3 aromatic rings. The SMILES string of the molecule is CCOC(=O)[C@@H](C)Oc1cc(N(C)C)ccc1C=Nn1c(C)nc2ccc(Br)cc2c1=O. The number of aryl methyl sites for hydroxylation is 1. The van der Waals surface area contributed by atoms with Crippen molar-refractivity contribution in [1.29, 1.82) is 0 Å². The Hall–Kier alpha value is -3.20. The Bertz CT molecular complexity index is 1240. The summed E-state index contributed by atoms with van der Waals surface area (Å²) in [5.74, 6) is 0.443. The topological polar surface area (TPSA) is 86.0 Å². The highest BCUT2D eigenvalue weighted by Gasteiger charge is 2.18. The molecule has 0 aliphatic heterocycles. The van der Waals surface area contributed by atoms with Crippen molar-refractivity contribution in [2.45, 2.75) is 26.9 Å². The van der Waals surface area contributed by atoms with Crippen molar-refractivity contribution in [1.82, 2.24) is 9.66 Å². The first-order valence-corrected chi connectivity index (χ1v) is 10.9. The van der Waals surface area contributed by atoms with Crippen LogP contribution in [0.25, 0.3) is 10.9 Å². The zero-order chi connectivity index (χ0) is 23.4. The lowest BCUT2D eigenvalue weighted by Gasteiger charge is -2.18. The van der Waals surface area contributed by atoms with Crippen molar-refractivity contribution in [2.75, 3.05) is 25.6 Å². The highest BCUT2D eigenvalue weighted by atomic mass is 79.9. The molecule has 0 amide bonds. The molecule has 0 saturated carbocycles. The number of fused-ring (bicyclic) bond motifs is 1. The third kappa shape index (κ3) is 5.16. The Morgan fingerprint density at radius 1 is 1.28 bits per heavy atom. The standard InChI is InChI=1S/C23H25BrN4O4/c1-6-31-23(30)14(2)32-21-12-18(27(4)5)9-7-16(21)13-25-28-15(3)26-20-10-8-17(24)11-19(20)22(28)29/h7-14H,6H2,1-5H3/t14-/m1/s1. The van der Waals surface area contributed by atoms with E-state index in [2.05, 4.69) is 26.0 Å². The largest absolute Gasteiger partial charge is 0.478 e. The summed E-state index contributed by atoms with van der Waals surface area (Å²) in [6.07, 6.45) is 0.718. The van der Waals surface area contributed by atoms with Crippen LogP contribution >= 0.6 is 15.9 Å². The molecule has 2 aromatic carbocycles. The number of aromatic nitrogens is 2. The van der Waals surface area contributed by atoms with Crippen LogP contribution in [0.3, 0.4) is 0 Å². The molecular weight excluding hydrogens is 476 g/mol.